The van der Waals surface area contributed by atoms with E-state index in [1.807, 2.05) is 36.4 Å². The molecular formula is C25H32O5. The zero-order valence-corrected chi connectivity index (χ0v) is 18.4. The highest BCUT2D eigenvalue weighted by Crippen LogP contribution is 2.40. The van der Waals surface area contributed by atoms with Crippen LogP contribution in [0.4, 0.5) is 0 Å². The highest BCUT2D eigenvalue weighted by Gasteiger charge is 2.15. The van der Waals surface area contributed by atoms with E-state index >= 15 is 0 Å². The van der Waals surface area contributed by atoms with Crippen molar-refractivity contribution in [2.75, 3.05) is 26.9 Å². The van der Waals surface area contributed by atoms with Crippen molar-refractivity contribution in [3.8, 4) is 17.2 Å². The lowest BCUT2D eigenvalue weighted by Gasteiger charge is -2.17. The summed E-state index contributed by atoms with van der Waals surface area (Å²) in [6.45, 7) is 8.04. The van der Waals surface area contributed by atoms with Gasteiger partial charge in [-0.1, -0.05) is 45.1 Å². The van der Waals surface area contributed by atoms with E-state index in [4.69, 9.17) is 18.9 Å². The molecule has 2 aromatic carbocycles. The molecule has 0 saturated heterocycles. The van der Waals surface area contributed by atoms with Crippen LogP contribution < -0.4 is 14.2 Å². The Morgan fingerprint density at radius 1 is 0.767 bits per heavy atom. The zero-order chi connectivity index (χ0) is 21.8. The largest absolute Gasteiger partial charge is 0.490 e. The summed E-state index contributed by atoms with van der Waals surface area (Å²) in [6, 6.07) is 11.2. The van der Waals surface area contributed by atoms with Crippen molar-refractivity contribution < 1.29 is 23.7 Å². The van der Waals surface area contributed by atoms with Gasteiger partial charge < -0.3 is 18.9 Å². The Morgan fingerprint density at radius 3 is 1.77 bits per heavy atom. The summed E-state index contributed by atoms with van der Waals surface area (Å²) < 4.78 is 22.6. The van der Waals surface area contributed by atoms with Crippen LogP contribution in [-0.4, -0.2) is 32.9 Å². The van der Waals surface area contributed by atoms with Gasteiger partial charge in [0.05, 0.1) is 32.5 Å². The molecule has 0 fully saturated rings. The van der Waals surface area contributed by atoms with Crippen LogP contribution in [-0.2, 0) is 4.74 Å². The molecular weight excluding hydrogens is 380 g/mol. The number of benzene rings is 2. The summed E-state index contributed by atoms with van der Waals surface area (Å²) in [4.78, 5) is 11.6. The van der Waals surface area contributed by atoms with Crippen LogP contribution in [0.15, 0.2) is 36.4 Å². The van der Waals surface area contributed by atoms with Crippen LogP contribution in [0, 0.1) is 0 Å². The predicted octanol–water partition coefficient (Wildman–Crippen LogP) is 6.01. The second kappa shape index (κ2) is 12.6. The number of hydrogen-bond donors (Lipinski definition) is 0. The first-order chi connectivity index (χ1) is 14.6. The van der Waals surface area contributed by atoms with Gasteiger partial charge in [-0.15, -0.1) is 0 Å². The molecule has 0 radical (unpaired) electrons. The maximum Gasteiger partial charge on any atom is 0.337 e. The van der Waals surface area contributed by atoms with Crippen LogP contribution in [0.2, 0.25) is 0 Å². The maximum absolute atomic E-state index is 11.6. The van der Waals surface area contributed by atoms with Gasteiger partial charge in [0.15, 0.2) is 11.5 Å². The molecule has 0 aliphatic carbocycles. The smallest absolute Gasteiger partial charge is 0.337 e. The first kappa shape index (κ1) is 23.3. The standard InChI is InChI=1S/C25H32O5/c1-5-14-28-22-17-20(18-23(29-15-6-2)24(22)30-16-7-3)9-8-19-10-12-21(13-11-19)25(26)27-4/h8-13,17-18H,5-7,14-16H2,1-4H3/b9-8+. The number of hydrogen-bond acceptors (Lipinski definition) is 5. The number of ether oxygens (including phenoxy) is 4. The molecule has 0 aliphatic heterocycles. The summed E-state index contributed by atoms with van der Waals surface area (Å²) in [6.07, 6.45) is 6.70. The monoisotopic (exact) mass is 412 g/mol. The van der Waals surface area contributed by atoms with Gasteiger partial charge in [-0.05, 0) is 54.7 Å². The van der Waals surface area contributed by atoms with Gasteiger partial charge in [-0.3, -0.25) is 0 Å². The second-order valence-corrected chi connectivity index (χ2v) is 6.84. The molecule has 0 amide bonds. The summed E-state index contributed by atoms with van der Waals surface area (Å²) in [7, 11) is 1.38. The Hall–Kier alpha value is -2.95. The Bertz CT molecular complexity index is 795. The van der Waals surface area contributed by atoms with Gasteiger partial charge in [-0.2, -0.15) is 0 Å². The molecule has 0 aliphatic rings. The Balaban J connectivity index is 2.32. The van der Waals surface area contributed by atoms with Crippen molar-refractivity contribution in [1.29, 1.82) is 0 Å². The maximum atomic E-state index is 11.6. The molecule has 162 valence electrons. The van der Waals surface area contributed by atoms with Gasteiger partial charge >= 0.3 is 5.97 Å². The molecule has 0 unspecified atom stereocenters. The lowest BCUT2D eigenvalue weighted by molar-refractivity contribution is 0.0600. The van der Waals surface area contributed by atoms with Crippen LogP contribution >= 0.6 is 0 Å². The average molecular weight is 413 g/mol. The Labute approximate surface area is 179 Å². The average Bonchev–Trinajstić information content (AvgIpc) is 2.78. The Morgan fingerprint density at radius 2 is 1.27 bits per heavy atom. The summed E-state index contributed by atoms with van der Waals surface area (Å²) >= 11 is 0. The van der Waals surface area contributed by atoms with Crippen molar-refractivity contribution in [1.82, 2.24) is 0 Å². The molecule has 5 heteroatoms. The van der Waals surface area contributed by atoms with Gasteiger partial charge in [0.25, 0.3) is 0 Å². The van der Waals surface area contributed by atoms with Crippen LogP contribution in [0.3, 0.4) is 0 Å². The molecule has 0 spiro atoms. The fraction of sp³-hybridized carbons (Fsp3) is 0.400. The molecule has 0 aromatic heterocycles. The van der Waals surface area contributed by atoms with E-state index in [0.717, 1.165) is 30.4 Å². The number of esters is 1. The third-order valence-corrected chi connectivity index (χ3v) is 4.22. The lowest BCUT2D eigenvalue weighted by atomic mass is 10.1. The van der Waals surface area contributed by atoms with Crippen molar-refractivity contribution in [2.45, 2.75) is 40.0 Å². The molecule has 2 aromatic rings. The van der Waals surface area contributed by atoms with Crippen LogP contribution in [0.25, 0.3) is 12.2 Å². The molecule has 0 heterocycles. The zero-order valence-electron chi connectivity index (χ0n) is 18.4. The lowest BCUT2D eigenvalue weighted by Crippen LogP contribution is -2.05. The summed E-state index contributed by atoms with van der Waals surface area (Å²) in [5, 5.41) is 0. The number of carbonyl (C=O) groups is 1. The molecule has 5 nitrogen and oxygen atoms in total. The first-order valence-electron chi connectivity index (χ1n) is 10.6. The molecule has 2 rings (SSSR count). The van der Waals surface area contributed by atoms with Gasteiger partial charge in [0, 0.05) is 0 Å². The van der Waals surface area contributed by atoms with Crippen molar-refractivity contribution in [2.24, 2.45) is 0 Å². The normalized spacial score (nSPS) is 10.8. The highest BCUT2D eigenvalue weighted by molar-refractivity contribution is 5.89. The van der Waals surface area contributed by atoms with Gasteiger partial charge in [-0.25, -0.2) is 4.79 Å². The fourth-order valence-corrected chi connectivity index (χ4v) is 2.72. The van der Waals surface area contributed by atoms with E-state index in [1.165, 1.54) is 7.11 Å². The molecule has 30 heavy (non-hydrogen) atoms. The van der Waals surface area contributed by atoms with E-state index in [-0.39, 0.29) is 5.97 Å². The molecule has 0 atom stereocenters. The number of rotatable bonds is 12. The van der Waals surface area contributed by atoms with Crippen molar-refractivity contribution in [3.63, 3.8) is 0 Å². The number of methoxy groups -OCH3 is 1. The van der Waals surface area contributed by atoms with E-state index < -0.39 is 0 Å². The van der Waals surface area contributed by atoms with Crippen LogP contribution in [0.5, 0.6) is 17.2 Å². The topological polar surface area (TPSA) is 54.0 Å². The third-order valence-electron chi connectivity index (χ3n) is 4.22. The van der Waals surface area contributed by atoms with E-state index in [1.54, 1.807) is 12.1 Å². The minimum Gasteiger partial charge on any atom is -0.490 e. The Kier molecular flexibility index (Phi) is 9.78. The summed E-state index contributed by atoms with van der Waals surface area (Å²) in [5.74, 6) is 1.71. The van der Waals surface area contributed by atoms with Gasteiger partial charge in [0.1, 0.15) is 0 Å². The highest BCUT2D eigenvalue weighted by atomic mass is 16.5. The predicted molar refractivity (Wildman–Crippen MR) is 121 cm³/mol. The quantitative estimate of drug-likeness (QED) is 0.316. The third kappa shape index (κ3) is 6.83. The molecule has 0 bridgehead atoms. The van der Waals surface area contributed by atoms with Gasteiger partial charge in [0.2, 0.25) is 5.75 Å². The van der Waals surface area contributed by atoms with E-state index in [2.05, 4.69) is 20.8 Å². The SMILES string of the molecule is CCCOc1cc(/C=C/c2ccc(C(=O)OC)cc2)cc(OCCC)c1OCCC. The van der Waals surface area contributed by atoms with Crippen molar-refractivity contribution in [3.05, 3.63) is 53.1 Å². The molecule has 0 N–H and O–H groups in total. The van der Waals surface area contributed by atoms with E-state index in [9.17, 15) is 4.79 Å². The minimum atomic E-state index is -0.344. The minimum absolute atomic E-state index is 0.344. The fourth-order valence-electron chi connectivity index (χ4n) is 2.72. The number of carbonyl (C=O) groups excluding carboxylic acids is 1. The second-order valence-electron chi connectivity index (χ2n) is 6.84. The van der Waals surface area contributed by atoms with E-state index in [0.29, 0.717) is 42.6 Å². The van der Waals surface area contributed by atoms with Crippen molar-refractivity contribution >= 4 is 18.1 Å². The molecule has 0 saturated carbocycles. The summed E-state index contributed by atoms with van der Waals surface area (Å²) in [5.41, 5.74) is 2.45. The first-order valence-corrected chi connectivity index (χ1v) is 10.6. The van der Waals surface area contributed by atoms with Crippen LogP contribution in [0.1, 0.15) is 61.5 Å².